The molecule has 0 heterocycles. The van der Waals surface area contributed by atoms with E-state index in [4.69, 9.17) is 18.0 Å². The number of hydrogen-bond acceptors (Lipinski definition) is 3. The number of hydrogen-bond donors (Lipinski definition) is 2. The predicted molar refractivity (Wildman–Crippen MR) is 77.0 cm³/mol. The molecule has 3 N–H and O–H groups in total. The van der Waals surface area contributed by atoms with Crippen LogP contribution in [0.3, 0.4) is 0 Å². The van der Waals surface area contributed by atoms with Crippen LogP contribution >= 0.6 is 12.2 Å². The van der Waals surface area contributed by atoms with Crippen molar-refractivity contribution in [1.29, 1.82) is 0 Å². The lowest BCUT2D eigenvalue weighted by Crippen LogP contribution is -2.37. The van der Waals surface area contributed by atoms with Crippen molar-refractivity contribution in [3.8, 4) is 0 Å². The second-order valence-corrected chi connectivity index (χ2v) is 6.37. The maximum absolute atomic E-state index is 12.2. The Morgan fingerprint density at radius 1 is 1.44 bits per heavy atom. The molecule has 0 aromatic heterocycles. The molecule has 0 saturated heterocycles. The summed E-state index contributed by atoms with van der Waals surface area (Å²) in [7, 11) is -3.51. The van der Waals surface area contributed by atoms with Gasteiger partial charge >= 0.3 is 0 Å². The van der Waals surface area contributed by atoms with Crippen LogP contribution in [0.5, 0.6) is 0 Å². The smallest absolute Gasteiger partial charge is 0.241 e. The Morgan fingerprint density at radius 2 is 2.06 bits per heavy atom. The molecule has 1 unspecified atom stereocenters. The Labute approximate surface area is 114 Å². The normalized spacial score (nSPS) is 13.2. The van der Waals surface area contributed by atoms with Crippen LogP contribution in [0.4, 0.5) is 0 Å². The molecule has 100 valence electrons. The maximum atomic E-state index is 12.2. The Morgan fingerprint density at radius 3 is 2.56 bits per heavy atom. The summed E-state index contributed by atoms with van der Waals surface area (Å²) in [5.41, 5.74) is 6.17. The minimum absolute atomic E-state index is 0.257. The Kier molecular flexibility index (Phi) is 5.25. The average molecular weight is 286 g/mol. The lowest BCUT2D eigenvalue weighted by molar-refractivity contribution is 0.546. The molecule has 0 aliphatic carbocycles. The van der Waals surface area contributed by atoms with E-state index in [1.54, 1.807) is 31.2 Å². The monoisotopic (exact) mass is 286 g/mol. The van der Waals surface area contributed by atoms with Crippen molar-refractivity contribution < 1.29 is 8.42 Å². The highest BCUT2D eigenvalue weighted by atomic mass is 32.2. The molecule has 0 radical (unpaired) electrons. The lowest BCUT2D eigenvalue weighted by atomic mass is 10.2. The van der Waals surface area contributed by atoms with E-state index in [2.05, 4.69) is 4.72 Å². The molecule has 1 atom stereocenters. The number of aryl methyl sites for hydroxylation is 1. The van der Waals surface area contributed by atoms with Crippen molar-refractivity contribution in [1.82, 2.24) is 4.72 Å². The summed E-state index contributed by atoms with van der Waals surface area (Å²) in [4.78, 5) is 0.612. The number of benzene rings is 1. The number of nitrogens with two attached hydrogens (primary N) is 1. The first kappa shape index (κ1) is 15.1. The SMILES string of the molecule is CCC(CC(N)=S)NS(=O)(=O)c1ccccc1C. The summed E-state index contributed by atoms with van der Waals surface area (Å²) >= 11 is 4.81. The minimum atomic E-state index is -3.51. The van der Waals surface area contributed by atoms with Crippen LogP contribution < -0.4 is 10.5 Å². The van der Waals surface area contributed by atoms with E-state index in [0.29, 0.717) is 22.7 Å². The molecule has 0 amide bonds. The van der Waals surface area contributed by atoms with E-state index in [1.165, 1.54) is 0 Å². The number of rotatable bonds is 6. The van der Waals surface area contributed by atoms with Gasteiger partial charge in [-0.2, -0.15) is 0 Å². The summed E-state index contributed by atoms with van der Waals surface area (Å²) in [6, 6.07) is 6.61. The molecular weight excluding hydrogens is 268 g/mol. The first-order chi connectivity index (χ1) is 8.36. The summed E-state index contributed by atoms with van der Waals surface area (Å²) in [6.45, 7) is 3.66. The second kappa shape index (κ2) is 6.26. The molecule has 0 bridgehead atoms. The number of sulfonamides is 1. The Hall–Kier alpha value is -0.980. The second-order valence-electron chi connectivity index (χ2n) is 4.16. The fraction of sp³-hybridized carbons (Fsp3) is 0.417. The zero-order valence-electron chi connectivity index (χ0n) is 10.5. The first-order valence-electron chi connectivity index (χ1n) is 5.73. The fourth-order valence-corrected chi connectivity index (χ4v) is 3.42. The molecule has 1 aromatic carbocycles. The van der Waals surface area contributed by atoms with Crippen LogP contribution in [0.2, 0.25) is 0 Å². The van der Waals surface area contributed by atoms with Crippen molar-refractivity contribution in [2.75, 3.05) is 0 Å². The summed E-state index contributed by atoms with van der Waals surface area (Å²) in [5.74, 6) is 0. The van der Waals surface area contributed by atoms with Crippen LogP contribution in [-0.2, 0) is 10.0 Å². The van der Waals surface area contributed by atoms with E-state index in [1.807, 2.05) is 6.92 Å². The van der Waals surface area contributed by atoms with Crippen LogP contribution in [0, 0.1) is 6.92 Å². The van der Waals surface area contributed by atoms with Gasteiger partial charge in [0.1, 0.15) is 0 Å². The molecule has 18 heavy (non-hydrogen) atoms. The molecule has 0 aliphatic rings. The lowest BCUT2D eigenvalue weighted by Gasteiger charge is -2.17. The van der Waals surface area contributed by atoms with E-state index in [-0.39, 0.29) is 6.04 Å². The fourth-order valence-electron chi connectivity index (χ4n) is 1.65. The van der Waals surface area contributed by atoms with Gasteiger partial charge in [-0.25, -0.2) is 13.1 Å². The van der Waals surface area contributed by atoms with Gasteiger partial charge in [-0.05, 0) is 25.0 Å². The number of nitrogens with one attached hydrogen (secondary N) is 1. The van der Waals surface area contributed by atoms with E-state index >= 15 is 0 Å². The highest BCUT2D eigenvalue weighted by molar-refractivity contribution is 7.89. The van der Waals surface area contributed by atoms with Gasteiger partial charge in [-0.15, -0.1) is 0 Å². The third-order valence-corrected chi connectivity index (χ3v) is 4.49. The van der Waals surface area contributed by atoms with Gasteiger partial charge in [0.25, 0.3) is 0 Å². The van der Waals surface area contributed by atoms with E-state index < -0.39 is 10.0 Å². The topological polar surface area (TPSA) is 72.2 Å². The molecule has 4 nitrogen and oxygen atoms in total. The van der Waals surface area contributed by atoms with Crippen LogP contribution in [-0.4, -0.2) is 19.4 Å². The largest absolute Gasteiger partial charge is 0.393 e. The van der Waals surface area contributed by atoms with Crippen molar-refractivity contribution in [3.63, 3.8) is 0 Å². The highest BCUT2D eigenvalue weighted by Crippen LogP contribution is 2.15. The summed E-state index contributed by atoms with van der Waals surface area (Å²) < 4.78 is 27.1. The van der Waals surface area contributed by atoms with Crippen molar-refractivity contribution in [3.05, 3.63) is 29.8 Å². The maximum Gasteiger partial charge on any atom is 0.241 e. The Bertz CT molecular complexity index is 527. The molecular formula is C12H18N2O2S2. The summed E-state index contributed by atoms with van der Waals surface area (Å²) in [5, 5.41) is 0. The van der Waals surface area contributed by atoms with Gasteiger partial charge in [0.05, 0.1) is 9.88 Å². The average Bonchev–Trinajstić information content (AvgIpc) is 2.27. The zero-order chi connectivity index (χ0) is 13.8. The molecule has 0 aliphatic heterocycles. The third kappa shape index (κ3) is 4.04. The van der Waals surface area contributed by atoms with Crippen molar-refractivity contribution >= 4 is 27.2 Å². The van der Waals surface area contributed by atoms with E-state index in [0.717, 1.165) is 5.56 Å². The zero-order valence-corrected chi connectivity index (χ0v) is 12.1. The van der Waals surface area contributed by atoms with Gasteiger partial charge in [0.15, 0.2) is 0 Å². The summed E-state index contributed by atoms with van der Waals surface area (Å²) in [6.07, 6.45) is 1.01. The van der Waals surface area contributed by atoms with Gasteiger partial charge in [-0.3, -0.25) is 0 Å². The molecule has 1 rings (SSSR count). The van der Waals surface area contributed by atoms with Gasteiger partial charge in [0, 0.05) is 12.5 Å². The number of thiocarbonyl (C=S) groups is 1. The van der Waals surface area contributed by atoms with Gasteiger partial charge in [-0.1, -0.05) is 37.3 Å². The molecule has 6 heteroatoms. The first-order valence-corrected chi connectivity index (χ1v) is 7.62. The standard InChI is InChI=1S/C12H18N2O2S2/c1-3-10(8-12(13)17)14-18(15,16)11-7-5-4-6-9(11)2/h4-7,10,14H,3,8H2,1-2H3,(H2,13,17). The minimum Gasteiger partial charge on any atom is -0.393 e. The van der Waals surface area contributed by atoms with E-state index in [9.17, 15) is 8.42 Å². The van der Waals surface area contributed by atoms with Crippen LogP contribution in [0.1, 0.15) is 25.3 Å². The van der Waals surface area contributed by atoms with Crippen molar-refractivity contribution in [2.24, 2.45) is 5.73 Å². The molecule has 0 spiro atoms. The third-order valence-electron chi connectivity index (χ3n) is 2.65. The van der Waals surface area contributed by atoms with Gasteiger partial charge < -0.3 is 5.73 Å². The van der Waals surface area contributed by atoms with Crippen LogP contribution in [0.15, 0.2) is 29.2 Å². The Balaban J connectivity index is 2.94. The van der Waals surface area contributed by atoms with Crippen molar-refractivity contribution in [2.45, 2.75) is 37.6 Å². The van der Waals surface area contributed by atoms with Crippen LogP contribution in [0.25, 0.3) is 0 Å². The molecule has 0 fully saturated rings. The van der Waals surface area contributed by atoms with Gasteiger partial charge in [0.2, 0.25) is 10.0 Å². The quantitative estimate of drug-likeness (QED) is 0.781. The highest BCUT2D eigenvalue weighted by Gasteiger charge is 2.20. The molecule has 0 saturated carbocycles. The molecule has 1 aromatic rings. The predicted octanol–water partition coefficient (Wildman–Crippen LogP) is 1.73.